The molecular weight excluding hydrogens is 218 g/mol. The van der Waals surface area contributed by atoms with Crippen molar-refractivity contribution in [2.45, 2.75) is 51.2 Å². The minimum Gasteiger partial charge on any atom is -0.396 e. The predicted molar refractivity (Wildman–Crippen MR) is 68.0 cm³/mol. The Labute approximate surface area is 104 Å². The van der Waals surface area contributed by atoms with Crippen LogP contribution in [0.1, 0.15) is 39.0 Å². The van der Waals surface area contributed by atoms with Crippen molar-refractivity contribution in [3.63, 3.8) is 0 Å². The number of rotatable bonds is 8. The van der Waals surface area contributed by atoms with Crippen molar-refractivity contribution in [3.8, 4) is 0 Å². The Bertz CT molecular complexity index is 184. The first-order valence-corrected chi connectivity index (χ1v) is 6.83. The lowest BCUT2D eigenvalue weighted by Crippen LogP contribution is -2.35. The molecule has 2 atom stereocenters. The van der Waals surface area contributed by atoms with Gasteiger partial charge in [-0.2, -0.15) is 0 Å². The van der Waals surface area contributed by atoms with Crippen LogP contribution in [0.25, 0.3) is 0 Å². The van der Waals surface area contributed by atoms with Gasteiger partial charge in [0.05, 0.1) is 18.8 Å². The van der Waals surface area contributed by atoms with Crippen molar-refractivity contribution in [2.75, 3.05) is 26.3 Å². The van der Waals surface area contributed by atoms with Crippen molar-refractivity contribution in [2.24, 2.45) is 5.92 Å². The van der Waals surface area contributed by atoms with E-state index in [0.717, 1.165) is 19.4 Å². The molecule has 3 N–H and O–H groups in total. The van der Waals surface area contributed by atoms with Gasteiger partial charge in [0.25, 0.3) is 0 Å². The van der Waals surface area contributed by atoms with E-state index >= 15 is 0 Å². The SMILES string of the molecule is CC(CO)CNCC(O)COC1CCCCC1. The minimum absolute atomic E-state index is 0.182. The monoisotopic (exact) mass is 245 g/mol. The summed E-state index contributed by atoms with van der Waals surface area (Å²) in [4.78, 5) is 0. The summed E-state index contributed by atoms with van der Waals surface area (Å²) in [5, 5.41) is 21.7. The standard InChI is InChI=1S/C13H27NO3/c1-11(9-15)7-14-8-12(16)10-17-13-5-3-2-4-6-13/h11-16H,2-10H2,1H3. The highest BCUT2D eigenvalue weighted by Gasteiger charge is 2.15. The fourth-order valence-corrected chi connectivity index (χ4v) is 2.10. The lowest BCUT2D eigenvalue weighted by molar-refractivity contribution is -0.0231. The van der Waals surface area contributed by atoms with Gasteiger partial charge in [-0.3, -0.25) is 0 Å². The topological polar surface area (TPSA) is 61.7 Å². The molecule has 0 spiro atoms. The van der Waals surface area contributed by atoms with E-state index in [-0.39, 0.29) is 12.5 Å². The molecule has 1 saturated carbocycles. The normalized spacial score (nSPS) is 21.4. The lowest BCUT2D eigenvalue weighted by atomic mass is 9.98. The van der Waals surface area contributed by atoms with Gasteiger partial charge in [-0.15, -0.1) is 0 Å². The Hall–Kier alpha value is -0.160. The molecule has 0 aromatic rings. The zero-order valence-electron chi connectivity index (χ0n) is 10.9. The third-order valence-corrected chi connectivity index (χ3v) is 3.26. The van der Waals surface area contributed by atoms with Crippen LogP contribution in [-0.4, -0.2) is 48.7 Å². The Kier molecular flexibility index (Phi) is 7.77. The number of aliphatic hydroxyl groups excluding tert-OH is 2. The number of nitrogens with one attached hydrogen (secondary N) is 1. The van der Waals surface area contributed by atoms with Gasteiger partial charge in [0.15, 0.2) is 0 Å². The average Bonchev–Trinajstić information content (AvgIpc) is 2.37. The maximum atomic E-state index is 9.72. The molecule has 1 fully saturated rings. The molecule has 0 saturated heterocycles. The van der Waals surface area contributed by atoms with E-state index in [4.69, 9.17) is 9.84 Å². The van der Waals surface area contributed by atoms with E-state index in [1.54, 1.807) is 0 Å². The molecule has 4 heteroatoms. The molecule has 1 aliphatic rings. The van der Waals surface area contributed by atoms with E-state index in [9.17, 15) is 5.11 Å². The second-order valence-electron chi connectivity index (χ2n) is 5.19. The van der Waals surface area contributed by atoms with Gasteiger partial charge in [-0.25, -0.2) is 0 Å². The predicted octanol–water partition coefficient (Wildman–Crippen LogP) is 0.915. The first kappa shape index (κ1) is 14.9. The highest BCUT2D eigenvalue weighted by Crippen LogP contribution is 2.20. The number of hydrogen-bond acceptors (Lipinski definition) is 4. The molecule has 2 unspecified atom stereocenters. The van der Waals surface area contributed by atoms with Gasteiger partial charge in [-0.05, 0) is 25.3 Å². The zero-order chi connectivity index (χ0) is 12.5. The summed E-state index contributed by atoms with van der Waals surface area (Å²) < 4.78 is 5.69. The molecule has 0 heterocycles. The zero-order valence-corrected chi connectivity index (χ0v) is 10.9. The summed E-state index contributed by atoms with van der Waals surface area (Å²) in [6, 6.07) is 0. The molecule has 0 aromatic heterocycles. The van der Waals surface area contributed by atoms with Gasteiger partial charge >= 0.3 is 0 Å². The average molecular weight is 245 g/mol. The van der Waals surface area contributed by atoms with Crippen LogP contribution in [0.5, 0.6) is 0 Å². The molecular formula is C13H27NO3. The quantitative estimate of drug-likeness (QED) is 0.595. The van der Waals surface area contributed by atoms with Crippen molar-refractivity contribution in [1.82, 2.24) is 5.32 Å². The molecule has 0 aromatic carbocycles. The Morgan fingerprint density at radius 1 is 1.24 bits per heavy atom. The summed E-state index contributed by atoms with van der Waals surface area (Å²) in [5.41, 5.74) is 0. The van der Waals surface area contributed by atoms with Gasteiger partial charge < -0.3 is 20.3 Å². The summed E-state index contributed by atoms with van der Waals surface area (Å²) in [7, 11) is 0. The van der Waals surface area contributed by atoms with Gasteiger partial charge in [0.1, 0.15) is 0 Å². The van der Waals surface area contributed by atoms with Crippen LogP contribution in [0.2, 0.25) is 0 Å². The molecule has 0 amide bonds. The van der Waals surface area contributed by atoms with Crippen molar-refractivity contribution >= 4 is 0 Å². The van der Waals surface area contributed by atoms with Crippen LogP contribution in [-0.2, 0) is 4.74 Å². The minimum atomic E-state index is -0.442. The third-order valence-electron chi connectivity index (χ3n) is 3.26. The van der Waals surface area contributed by atoms with E-state index in [0.29, 0.717) is 19.3 Å². The van der Waals surface area contributed by atoms with Crippen molar-refractivity contribution in [3.05, 3.63) is 0 Å². The first-order valence-electron chi connectivity index (χ1n) is 6.83. The van der Waals surface area contributed by atoms with Gasteiger partial charge in [-0.1, -0.05) is 26.2 Å². The van der Waals surface area contributed by atoms with Crippen LogP contribution in [0.3, 0.4) is 0 Å². The molecule has 17 heavy (non-hydrogen) atoms. The van der Waals surface area contributed by atoms with Crippen LogP contribution >= 0.6 is 0 Å². The van der Waals surface area contributed by atoms with E-state index in [1.165, 1.54) is 19.3 Å². The number of ether oxygens (including phenoxy) is 1. The summed E-state index contributed by atoms with van der Waals surface area (Å²) in [6.07, 6.45) is 6.03. The first-order chi connectivity index (χ1) is 8.22. The fraction of sp³-hybridized carbons (Fsp3) is 1.00. The van der Waals surface area contributed by atoms with Gasteiger partial charge in [0.2, 0.25) is 0 Å². The molecule has 1 aliphatic carbocycles. The molecule has 0 radical (unpaired) electrons. The maximum absolute atomic E-state index is 9.72. The summed E-state index contributed by atoms with van der Waals surface area (Å²) in [5.74, 6) is 0.237. The second kappa shape index (κ2) is 8.86. The fourth-order valence-electron chi connectivity index (χ4n) is 2.10. The Morgan fingerprint density at radius 2 is 1.94 bits per heavy atom. The maximum Gasteiger partial charge on any atom is 0.0897 e. The van der Waals surface area contributed by atoms with Crippen molar-refractivity contribution in [1.29, 1.82) is 0 Å². The highest BCUT2D eigenvalue weighted by atomic mass is 16.5. The van der Waals surface area contributed by atoms with Crippen LogP contribution in [0.4, 0.5) is 0 Å². The second-order valence-corrected chi connectivity index (χ2v) is 5.19. The summed E-state index contributed by atoms with van der Waals surface area (Å²) >= 11 is 0. The van der Waals surface area contributed by atoms with Crippen LogP contribution in [0, 0.1) is 5.92 Å². The van der Waals surface area contributed by atoms with Gasteiger partial charge in [0, 0.05) is 13.2 Å². The largest absolute Gasteiger partial charge is 0.396 e. The van der Waals surface area contributed by atoms with E-state index < -0.39 is 6.10 Å². The van der Waals surface area contributed by atoms with Crippen molar-refractivity contribution < 1.29 is 14.9 Å². The van der Waals surface area contributed by atoms with E-state index in [1.807, 2.05) is 6.92 Å². The Morgan fingerprint density at radius 3 is 2.59 bits per heavy atom. The number of aliphatic hydroxyl groups is 2. The third kappa shape index (κ3) is 6.99. The lowest BCUT2D eigenvalue weighted by Gasteiger charge is -2.23. The smallest absolute Gasteiger partial charge is 0.0897 e. The molecule has 1 rings (SSSR count). The molecule has 102 valence electrons. The highest BCUT2D eigenvalue weighted by molar-refractivity contribution is 4.67. The molecule has 0 aliphatic heterocycles. The number of hydrogen-bond donors (Lipinski definition) is 3. The van der Waals surface area contributed by atoms with E-state index in [2.05, 4.69) is 5.32 Å². The van der Waals surface area contributed by atoms with Crippen LogP contribution in [0.15, 0.2) is 0 Å². The molecule has 4 nitrogen and oxygen atoms in total. The molecule has 0 bridgehead atoms. The van der Waals surface area contributed by atoms with Crippen LogP contribution < -0.4 is 5.32 Å². The Balaban J connectivity index is 1.98. The summed E-state index contributed by atoms with van der Waals surface area (Å²) in [6.45, 7) is 3.85.